The van der Waals surface area contributed by atoms with Gasteiger partial charge in [-0.3, -0.25) is 0 Å². The van der Waals surface area contributed by atoms with Crippen LogP contribution in [-0.2, 0) is 21.2 Å². The average Bonchev–Trinajstić information content (AvgIpc) is 2.95. The fourth-order valence-electron chi connectivity index (χ4n) is 2.75. The Kier molecular flexibility index (Phi) is 6.17. The van der Waals surface area contributed by atoms with E-state index in [0.717, 1.165) is 11.0 Å². The van der Waals surface area contributed by atoms with E-state index in [1.807, 2.05) is 0 Å². The fourth-order valence-corrected chi connectivity index (χ4v) is 4.98. The van der Waals surface area contributed by atoms with E-state index in [-0.39, 0.29) is 4.90 Å². The SMILES string of the molecule is COCCc1nsc(N2CCCN(S(=O)(=O)c3ccc(F)cc3)CC2)n1. The van der Waals surface area contributed by atoms with Gasteiger partial charge in [0.1, 0.15) is 11.6 Å². The Balaban J connectivity index is 1.68. The highest BCUT2D eigenvalue weighted by atomic mass is 32.2. The zero-order chi connectivity index (χ0) is 18.6. The van der Waals surface area contributed by atoms with Crippen molar-refractivity contribution in [1.82, 2.24) is 13.7 Å². The molecule has 0 amide bonds. The highest BCUT2D eigenvalue weighted by Gasteiger charge is 2.27. The number of hydrogen-bond acceptors (Lipinski definition) is 7. The van der Waals surface area contributed by atoms with E-state index in [2.05, 4.69) is 14.3 Å². The number of nitrogens with zero attached hydrogens (tertiary/aromatic N) is 4. The molecular formula is C16H21FN4O3S2. The van der Waals surface area contributed by atoms with Crippen LogP contribution in [0.25, 0.3) is 0 Å². The molecule has 0 unspecified atom stereocenters. The van der Waals surface area contributed by atoms with Crippen molar-refractivity contribution in [2.24, 2.45) is 0 Å². The maximum atomic E-state index is 13.1. The first kappa shape index (κ1) is 19.2. The fraction of sp³-hybridized carbons (Fsp3) is 0.500. The molecule has 142 valence electrons. The van der Waals surface area contributed by atoms with Crippen LogP contribution < -0.4 is 4.90 Å². The van der Waals surface area contributed by atoms with Crippen molar-refractivity contribution in [1.29, 1.82) is 0 Å². The normalized spacial score (nSPS) is 16.6. The van der Waals surface area contributed by atoms with Crippen LogP contribution in [-0.4, -0.2) is 62.0 Å². The lowest BCUT2D eigenvalue weighted by Gasteiger charge is -2.21. The highest BCUT2D eigenvalue weighted by molar-refractivity contribution is 7.89. The summed E-state index contributed by atoms with van der Waals surface area (Å²) in [5.74, 6) is 0.290. The number of rotatable bonds is 6. The smallest absolute Gasteiger partial charge is 0.243 e. The van der Waals surface area contributed by atoms with E-state index in [0.29, 0.717) is 45.6 Å². The number of halogens is 1. The monoisotopic (exact) mass is 400 g/mol. The Bertz CT molecular complexity index is 826. The maximum Gasteiger partial charge on any atom is 0.243 e. The van der Waals surface area contributed by atoms with Crippen molar-refractivity contribution in [3.63, 3.8) is 0 Å². The van der Waals surface area contributed by atoms with Crippen molar-refractivity contribution >= 4 is 26.7 Å². The maximum absolute atomic E-state index is 13.1. The molecule has 7 nitrogen and oxygen atoms in total. The second kappa shape index (κ2) is 8.38. The van der Waals surface area contributed by atoms with Gasteiger partial charge >= 0.3 is 0 Å². The van der Waals surface area contributed by atoms with Gasteiger partial charge in [0.15, 0.2) is 0 Å². The third-order valence-corrected chi connectivity index (χ3v) is 6.89. The van der Waals surface area contributed by atoms with Gasteiger partial charge in [-0.25, -0.2) is 17.8 Å². The Morgan fingerprint density at radius 3 is 2.69 bits per heavy atom. The molecule has 2 heterocycles. The first-order valence-electron chi connectivity index (χ1n) is 8.33. The first-order valence-corrected chi connectivity index (χ1v) is 10.5. The summed E-state index contributed by atoms with van der Waals surface area (Å²) in [4.78, 5) is 6.69. The molecule has 26 heavy (non-hydrogen) atoms. The van der Waals surface area contributed by atoms with Crippen LogP contribution in [0.5, 0.6) is 0 Å². The molecule has 0 atom stereocenters. The molecule has 0 bridgehead atoms. The molecule has 10 heteroatoms. The van der Waals surface area contributed by atoms with Gasteiger partial charge in [0.2, 0.25) is 15.2 Å². The van der Waals surface area contributed by atoms with E-state index in [1.54, 1.807) is 7.11 Å². The van der Waals surface area contributed by atoms with Crippen molar-refractivity contribution in [3.05, 3.63) is 35.9 Å². The summed E-state index contributed by atoms with van der Waals surface area (Å²) in [6.45, 7) is 2.60. The Hall–Kier alpha value is -1.62. The largest absolute Gasteiger partial charge is 0.384 e. The van der Waals surface area contributed by atoms with Gasteiger partial charge in [-0.2, -0.15) is 8.68 Å². The number of hydrogen-bond donors (Lipinski definition) is 0. The lowest BCUT2D eigenvalue weighted by Crippen LogP contribution is -2.35. The molecule has 0 saturated carbocycles. The lowest BCUT2D eigenvalue weighted by atomic mass is 10.4. The molecule has 1 aromatic heterocycles. The van der Waals surface area contributed by atoms with E-state index in [4.69, 9.17) is 4.74 Å². The van der Waals surface area contributed by atoms with Crippen LogP contribution in [0.3, 0.4) is 0 Å². The Labute approximate surface area is 156 Å². The number of methoxy groups -OCH3 is 1. The van der Waals surface area contributed by atoms with E-state index >= 15 is 0 Å². The summed E-state index contributed by atoms with van der Waals surface area (Å²) in [5, 5.41) is 0.803. The number of ether oxygens (including phenoxy) is 1. The zero-order valence-corrected chi connectivity index (χ0v) is 16.1. The molecule has 0 aliphatic carbocycles. The second-order valence-electron chi connectivity index (χ2n) is 5.93. The van der Waals surface area contributed by atoms with Crippen molar-refractivity contribution in [3.8, 4) is 0 Å². The van der Waals surface area contributed by atoms with E-state index in [9.17, 15) is 12.8 Å². The standard InChI is InChI=1S/C16H21FN4O3S2/c1-24-12-7-15-18-16(25-19-15)20-8-2-9-21(11-10-20)26(22,23)14-5-3-13(17)4-6-14/h3-6H,2,7-12H2,1H3. The average molecular weight is 401 g/mol. The zero-order valence-electron chi connectivity index (χ0n) is 14.5. The van der Waals surface area contributed by atoms with Gasteiger partial charge in [0.05, 0.1) is 11.5 Å². The minimum absolute atomic E-state index is 0.116. The topological polar surface area (TPSA) is 75.6 Å². The van der Waals surface area contributed by atoms with Crippen molar-refractivity contribution < 1.29 is 17.5 Å². The lowest BCUT2D eigenvalue weighted by molar-refractivity contribution is 0.201. The summed E-state index contributed by atoms with van der Waals surface area (Å²) in [6, 6.07) is 4.94. The Morgan fingerprint density at radius 1 is 1.19 bits per heavy atom. The summed E-state index contributed by atoms with van der Waals surface area (Å²) < 4.78 is 49.4. The summed E-state index contributed by atoms with van der Waals surface area (Å²) in [6.07, 6.45) is 1.35. The van der Waals surface area contributed by atoms with Crippen LogP contribution in [0.2, 0.25) is 0 Å². The molecule has 0 radical (unpaired) electrons. The quantitative estimate of drug-likeness (QED) is 0.736. The molecule has 1 aliphatic rings. The van der Waals surface area contributed by atoms with Gasteiger partial charge in [-0.1, -0.05) is 0 Å². The van der Waals surface area contributed by atoms with Crippen molar-refractivity contribution in [2.45, 2.75) is 17.7 Å². The molecule has 0 spiro atoms. The molecule has 1 fully saturated rings. The van der Waals surface area contributed by atoms with Crippen molar-refractivity contribution in [2.75, 3.05) is 44.8 Å². The summed E-state index contributed by atoms with van der Waals surface area (Å²) in [7, 11) is -1.99. The van der Waals surface area contributed by atoms with Crippen LogP contribution in [0.15, 0.2) is 29.2 Å². The second-order valence-corrected chi connectivity index (χ2v) is 8.60. The number of sulfonamides is 1. The van der Waals surface area contributed by atoms with Gasteiger partial charge in [-0.15, -0.1) is 0 Å². The summed E-state index contributed by atoms with van der Waals surface area (Å²) >= 11 is 1.32. The molecular weight excluding hydrogens is 379 g/mol. The molecule has 1 saturated heterocycles. The molecule has 2 aromatic rings. The minimum Gasteiger partial charge on any atom is -0.384 e. The third-order valence-electron chi connectivity index (χ3n) is 4.16. The highest BCUT2D eigenvalue weighted by Crippen LogP contribution is 2.22. The molecule has 1 aliphatic heterocycles. The number of anilines is 1. The summed E-state index contributed by atoms with van der Waals surface area (Å²) in [5.41, 5.74) is 0. The van der Waals surface area contributed by atoms with Gasteiger partial charge in [0, 0.05) is 51.2 Å². The van der Waals surface area contributed by atoms with Crippen LogP contribution in [0.4, 0.5) is 9.52 Å². The molecule has 0 N–H and O–H groups in total. The first-order chi connectivity index (χ1) is 12.5. The predicted molar refractivity (Wildman–Crippen MR) is 97.5 cm³/mol. The predicted octanol–water partition coefficient (Wildman–Crippen LogP) is 1.77. The molecule has 3 rings (SSSR count). The Morgan fingerprint density at radius 2 is 1.96 bits per heavy atom. The van der Waals surface area contributed by atoms with Crippen LogP contribution in [0, 0.1) is 5.82 Å². The minimum atomic E-state index is -3.62. The van der Waals surface area contributed by atoms with E-state index in [1.165, 1.54) is 40.1 Å². The third kappa shape index (κ3) is 4.37. The van der Waals surface area contributed by atoms with Gasteiger partial charge < -0.3 is 9.64 Å². The van der Waals surface area contributed by atoms with Crippen LogP contribution >= 0.6 is 11.5 Å². The molecule has 1 aromatic carbocycles. The number of benzene rings is 1. The van der Waals surface area contributed by atoms with E-state index < -0.39 is 15.8 Å². The van der Waals surface area contributed by atoms with Crippen LogP contribution in [0.1, 0.15) is 12.2 Å². The van der Waals surface area contributed by atoms with Gasteiger partial charge in [-0.05, 0) is 30.7 Å². The van der Waals surface area contributed by atoms with Gasteiger partial charge in [0.25, 0.3) is 0 Å². The number of aromatic nitrogens is 2.